The molecule has 53 heavy (non-hydrogen) atoms. The van der Waals surface area contributed by atoms with Crippen LogP contribution >= 0.6 is 0 Å². The van der Waals surface area contributed by atoms with E-state index in [2.05, 4.69) is 55.7 Å². The Morgan fingerprint density at radius 2 is 1.23 bits per heavy atom. The number of ether oxygens (including phenoxy) is 4. The summed E-state index contributed by atoms with van der Waals surface area (Å²) >= 11 is 0. The molecule has 0 aliphatic carbocycles. The van der Waals surface area contributed by atoms with E-state index >= 15 is 0 Å². The lowest BCUT2D eigenvalue weighted by Gasteiger charge is -2.22. The molecule has 0 aromatic heterocycles. The maximum absolute atomic E-state index is 9.95. The SMILES string of the molecule is CCN(CC)c1ccc(/C=C/C2=CC(=C/C=C/C3=C(C#N)C(=C(C#N)C#N)OC3(C)C)C=C(/C=C/c3ccc(N(CC)CC)cc3OC)O2)c(OC)c1. The molecule has 2 aliphatic heterocycles. The van der Waals surface area contributed by atoms with Crippen molar-refractivity contribution in [2.45, 2.75) is 47.1 Å². The summed E-state index contributed by atoms with van der Waals surface area (Å²) in [6.45, 7) is 15.7. The molecule has 2 heterocycles. The predicted molar refractivity (Wildman–Crippen MR) is 212 cm³/mol. The van der Waals surface area contributed by atoms with Crippen molar-refractivity contribution in [1.82, 2.24) is 0 Å². The minimum absolute atomic E-state index is 0.00150. The Kier molecular flexibility index (Phi) is 13.5. The lowest BCUT2D eigenvalue weighted by Crippen LogP contribution is -2.21. The number of allylic oxidation sites excluding steroid dienone is 9. The average molecular weight is 710 g/mol. The monoisotopic (exact) mass is 709 g/mol. The number of methoxy groups -OCH3 is 2. The normalized spacial score (nSPS) is 15.0. The van der Waals surface area contributed by atoms with Crippen LogP contribution in [0.5, 0.6) is 11.5 Å². The molecule has 0 atom stereocenters. The Bertz CT molecular complexity index is 1960. The van der Waals surface area contributed by atoms with E-state index in [1.165, 1.54) is 0 Å². The van der Waals surface area contributed by atoms with Crippen molar-refractivity contribution in [3.63, 3.8) is 0 Å². The van der Waals surface area contributed by atoms with E-state index in [4.69, 9.17) is 18.9 Å². The van der Waals surface area contributed by atoms with E-state index in [0.29, 0.717) is 17.1 Å². The van der Waals surface area contributed by atoms with Crippen molar-refractivity contribution >= 4 is 23.5 Å². The van der Waals surface area contributed by atoms with Crippen LogP contribution in [-0.2, 0) is 9.47 Å². The molecule has 2 aromatic carbocycles. The number of hydrogen-bond donors (Lipinski definition) is 0. The van der Waals surface area contributed by atoms with E-state index in [1.807, 2.05) is 85.0 Å². The molecule has 0 saturated heterocycles. The Morgan fingerprint density at radius 3 is 1.64 bits per heavy atom. The van der Waals surface area contributed by atoms with Gasteiger partial charge in [-0.05, 0) is 108 Å². The van der Waals surface area contributed by atoms with Crippen molar-refractivity contribution in [3.05, 3.63) is 130 Å². The first-order valence-electron chi connectivity index (χ1n) is 17.7. The second kappa shape index (κ2) is 18.2. The number of rotatable bonds is 14. The topological polar surface area (TPSA) is 115 Å². The second-order valence-electron chi connectivity index (χ2n) is 12.5. The molecule has 0 unspecified atom stereocenters. The zero-order valence-corrected chi connectivity index (χ0v) is 31.9. The quantitative estimate of drug-likeness (QED) is 0.177. The van der Waals surface area contributed by atoms with Crippen LogP contribution in [0.15, 0.2) is 119 Å². The molecule has 9 heteroatoms. The van der Waals surface area contributed by atoms with Crippen molar-refractivity contribution in [2.75, 3.05) is 50.2 Å². The Labute approximate surface area is 314 Å². The molecule has 0 N–H and O–H groups in total. The van der Waals surface area contributed by atoms with Gasteiger partial charge in [-0.2, -0.15) is 15.8 Å². The highest BCUT2D eigenvalue weighted by Crippen LogP contribution is 2.40. The van der Waals surface area contributed by atoms with E-state index in [0.717, 1.165) is 65.8 Å². The van der Waals surface area contributed by atoms with E-state index in [1.54, 1.807) is 34.1 Å². The molecule has 4 rings (SSSR count). The van der Waals surface area contributed by atoms with Gasteiger partial charge in [0.15, 0.2) is 11.3 Å². The largest absolute Gasteiger partial charge is 0.496 e. The summed E-state index contributed by atoms with van der Waals surface area (Å²) < 4.78 is 23.8. The summed E-state index contributed by atoms with van der Waals surface area (Å²) in [6, 6.07) is 18.1. The molecule has 0 bridgehead atoms. The fraction of sp³-hybridized carbons (Fsp3) is 0.295. The summed E-state index contributed by atoms with van der Waals surface area (Å²) in [5.74, 6) is 2.71. The highest BCUT2D eigenvalue weighted by atomic mass is 16.5. The van der Waals surface area contributed by atoms with Gasteiger partial charge >= 0.3 is 0 Å². The molecule has 0 amide bonds. The molecule has 272 valence electrons. The fourth-order valence-electron chi connectivity index (χ4n) is 6.15. The van der Waals surface area contributed by atoms with Crippen molar-refractivity contribution < 1.29 is 18.9 Å². The molecule has 2 aliphatic rings. The Morgan fingerprint density at radius 1 is 0.736 bits per heavy atom. The van der Waals surface area contributed by atoms with Gasteiger partial charge in [-0.1, -0.05) is 18.2 Å². The van der Waals surface area contributed by atoms with Crippen molar-refractivity contribution in [3.8, 4) is 29.7 Å². The molecular weight excluding hydrogens is 663 g/mol. The number of nitrogens with zero attached hydrogens (tertiary/aromatic N) is 5. The predicted octanol–water partition coefficient (Wildman–Crippen LogP) is 9.33. The molecule has 0 spiro atoms. The maximum Gasteiger partial charge on any atom is 0.172 e. The smallest absolute Gasteiger partial charge is 0.172 e. The summed E-state index contributed by atoms with van der Waals surface area (Å²) in [7, 11) is 3.33. The van der Waals surface area contributed by atoms with Crippen LogP contribution in [0.3, 0.4) is 0 Å². The third kappa shape index (κ3) is 9.30. The number of nitriles is 3. The van der Waals surface area contributed by atoms with Crippen LogP contribution in [0.4, 0.5) is 11.4 Å². The average Bonchev–Trinajstić information content (AvgIpc) is 3.43. The highest BCUT2D eigenvalue weighted by molar-refractivity contribution is 5.67. The second-order valence-corrected chi connectivity index (χ2v) is 12.5. The summed E-state index contributed by atoms with van der Waals surface area (Å²) in [5.41, 5.74) is 4.40. The van der Waals surface area contributed by atoms with Gasteiger partial charge in [-0.15, -0.1) is 0 Å². The van der Waals surface area contributed by atoms with Gasteiger partial charge in [-0.3, -0.25) is 0 Å². The van der Waals surface area contributed by atoms with Crippen LogP contribution in [0, 0.1) is 34.0 Å². The number of hydrogen-bond acceptors (Lipinski definition) is 9. The number of anilines is 2. The maximum atomic E-state index is 9.95. The van der Waals surface area contributed by atoms with Crippen LogP contribution in [0.2, 0.25) is 0 Å². The minimum atomic E-state index is -0.919. The van der Waals surface area contributed by atoms with Crippen LogP contribution in [0.1, 0.15) is 52.7 Å². The molecule has 0 fully saturated rings. The first-order valence-corrected chi connectivity index (χ1v) is 17.7. The molecular formula is C44H47N5O4. The lowest BCUT2D eigenvalue weighted by atomic mass is 9.94. The highest BCUT2D eigenvalue weighted by Gasteiger charge is 2.38. The van der Waals surface area contributed by atoms with Gasteiger partial charge in [0.05, 0.1) is 14.2 Å². The standard InChI is InChI=1S/C44H47N5O4/c1-9-48(10-2)35-20-16-32(41(26-35)50-7)18-22-37-24-31(14-13-15-40-39(30-47)43(34(28-45)29-46)53-44(40,5)6)25-38(52-37)23-19-33-17-21-36(27-42(33)51-8)49(11-3)12-4/h13-27H,9-12H2,1-8H3/b15-13+,22-18+,23-19+. The van der Waals surface area contributed by atoms with E-state index < -0.39 is 5.60 Å². The first-order chi connectivity index (χ1) is 25.6. The van der Waals surface area contributed by atoms with Gasteiger partial charge in [-0.25, -0.2) is 0 Å². The Balaban J connectivity index is 1.74. The molecule has 2 aromatic rings. The van der Waals surface area contributed by atoms with E-state index in [9.17, 15) is 15.8 Å². The summed E-state index contributed by atoms with van der Waals surface area (Å²) in [4.78, 5) is 4.53. The zero-order chi connectivity index (χ0) is 38.5. The van der Waals surface area contributed by atoms with Crippen LogP contribution in [0.25, 0.3) is 12.2 Å². The molecule has 0 saturated carbocycles. The van der Waals surface area contributed by atoms with Crippen LogP contribution < -0.4 is 19.3 Å². The van der Waals surface area contributed by atoms with Crippen molar-refractivity contribution in [1.29, 1.82) is 15.8 Å². The van der Waals surface area contributed by atoms with Crippen molar-refractivity contribution in [2.24, 2.45) is 0 Å². The third-order valence-corrected chi connectivity index (χ3v) is 9.02. The number of benzene rings is 2. The summed E-state index contributed by atoms with van der Waals surface area (Å²) in [6.07, 6.45) is 17.1. The summed E-state index contributed by atoms with van der Waals surface area (Å²) in [5, 5.41) is 28.8. The minimum Gasteiger partial charge on any atom is -0.496 e. The zero-order valence-electron chi connectivity index (χ0n) is 31.9. The molecule has 0 radical (unpaired) electrons. The van der Waals surface area contributed by atoms with Gasteiger partial charge in [0, 0.05) is 66.4 Å². The Hall–Kier alpha value is -6.37. The first kappa shape index (κ1) is 39.4. The van der Waals surface area contributed by atoms with Gasteiger partial charge in [0.1, 0.15) is 52.4 Å². The van der Waals surface area contributed by atoms with Gasteiger partial charge < -0.3 is 28.7 Å². The van der Waals surface area contributed by atoms with Gasteiger partial charge in [0.2, 0.25) is 0 Å². The van der Waals surface area contributed by atoms with E-state index in [-0.39, 0.29) is 16.9 Å². The fourth-order valence-corrected chi connectivity index (χ4v) is 6.15. The molecule has 9 nitrogen and oxygen atoms in total. The third-order valence-electron chi connectivity index (χ3n) is 9.02. The lowest BCUT2D eigenvalue weighted by molar-refractivity contribution is 0.0954. The van der Waals surface area contributed by atoms with Gasteiger partial charge in [0.25, 0.3) is 0 Å². The van der Waals surface area contributed by atoms with Crippen LogP contribution in [-0.4, -0.2) is 46.0 Å².